The topological polar surface area (TPSA) is 74.6 Å². The number of halogens is 4. The average molecular weight is 538 g/mol. The molecule has 0 saturated carbocycles. The summed E-state index contributed by atoms with van der Waals surface area (Å²) in [5.41, 5.74) is 2.06. The summed E-state index contributed by atoms with van der Waals surface area (Å²) in [5, 5.41) is 10.2. The van der Waals surface area contributed by atoms with Crippen LogP contribution in [0, 0.1) is 0 Å². The summed E-state index contributed by atoms with van der Waals surface area (Å²) in [6.07, 6.45) is -0.135. The number of benzene rings is 1. The van der Waals surface area contributed by atoms with Crippen molar-refractivity contribution in [3.8, 4) is 5.69 Å². The van der Waals surface area contributed by atoms with Crippen LogP contribution in [-0.4, -0.2) is 66.0 Å². The van der Waals surface area contributed by atoms with Crippen LogP contribution in [0.15, 0.2) is 47.7 Å². The number of aromatic nitrogens is 2. The first-order chi connectivity index (χ1) is 13.8. The fraction of sp³-hybridized carbons (Fsp3) is 0.421. The van der Waals surface area contributed by atoms with Gasteiger partial charge in [0, 0.05) is 32.5 Å². The number of carbonyl (C=O) groups is 1. The lowest BCUT2D eigenvalue weighted by Gasteiger charge is -2.18. The predicted molar refractivity (Wildman–Crippen MR) is 120 cm³/mol. The molecule has 7 nitrogen and oxygen atoms in total. The van der Waals surface area contributed by atoms with Crippen molar-refractivity contribution in [2.24, 2.45) is 4.99 Å². The molecular weight excluding hydrogens is 512 g/mol. The molecule has 0 saturated heterocycles. The average Bonchev–Trinajstić information content (AvgIpc) is 3.19. The van der Waals surface area contributed by atoms with Gasteiger partial charge in [-0.15, -0.1) is 24.0 Å². The largest absolute Gasteiger partial charge is 0.406 e. The lowest BCUT2D eigenvalue weighted by Crippen LogP contribution is -2.40. The summed E-state index contributed by atoms with van der Waals surface area (Å²) in [7, 11) is 1.11. The first-order valence-corrected chi connectivity index (χ1v) is 9.20. The van der Waals surface area contributed by atoms with Crippen molar-refractivity contribution in [1.29, 1.82) is 0 Å². The Balaban J connectivity index is 0.00000450. The molecule has 2 N–H and O–H groups in total. The summed E-state index contributed by atoms with van der Waals surface area (Å²) in [5.74, 6) is -0.317. The third-order valence-corrected chi connectivity index (χ3v) is 3.97. The summed E-state index contributed by atoms with van der Waals surface area (Å²) in [4.78, 5) is 16.5. The van der Waals surface area contributed by atoms with Crippen molar-refractivity contribution in [3.63, 3.8) is 0 Å². The standard InChI is InChI=1S/C19H25F3N6O.HI/c1-3-23-18(25-13-17(29)27(2)14-19(20,21)22)24-11-9-15-5-7-16(8-6-15)28-12-4-10-26-28;/h4-8,10,12H,3,9,11,13-14H2,1-2H3,(H2,23,24,25);1H. The Labute approximate surface area is 190 Å². The molecule has 166 valence electrons. The number of nitrogens with one attached hydrogen (secondary N) is 2. The third kappa shape index (κ3) is 9.01. The highest BCUT2D eigenvalue weighted by atomic mass is 127. The van der Waals surface area contributed by atoms with Crippen molar-refractivity contribution < 1.29 is 18.0 Å². The lowest BCUT2D eigenvalue weighted by molar-refractivity contribution is -0.157. The molecule has 0 fully saturated rings. The van der Waals surface area contributed by atoms with E-state index in [0.717, 1.165) is 18.3 Å². The van der Waals surface area contributed by atoms with Crippen molar-refractivity contribution >= 4 is 35.8 Å². The molecule has 1 amide bonds. The van der Waals surface area contributed by atoms with Gasteiger partial charge in [-0.25, -0.2) is 9.67 Å². The van der Waals surface area contributed by atoms with E-state index in [4.69, 9.17) is 0 Å². The minimum atomic E-state index is -4.43. The van der Waals surface area contributed by atoms with Crippen molar-refractivity contribution in [2.75, 3.05) is 33.2 Å². The molecule has 2 rings (SSSR count). The predicted octanol–water partition coefficient (Wildman–Crippen LogP) is 2.61. The van der Waals surface area contributed by atoms with Crippen LogP contribution in [0.25, 0.3) is 5.69 Å². The van der Waals surface area contributed by atoms with Gasteiger partial charge in [-0.1, -0.05) is 12.1 Å². The summed E-state index contributed by atoms with van der Waals surface area (Å²) >= 11 is 0. The van der Waals surface area contributed by atoms with Gasteiger partial charge in [-0.2, -0.15) is 18.3 Å². The van der Waals surface area contributed by atoms with Crippen LogP contribution in [0.2, 0.25) is 0 Å². The maximum absolute atomic E-state index is 12.4. The normalized spacial score (nSPS) is 11.6. The number of likely N-dealkylation sites (N-methyl/N-ethyl adjacent to an activating group) is 1. The number of amides is 1. The second-order valence-corrected chi connectivity index (χ2v) is 6.35. The van der Waals surface area contributed by atoms with E-state index in [9.17, 15) is 18.0 Å². The molecule has 0 radical (unpaired) electrons. The third-order valence-electron chi connectivity index (χ3n) is 3.97. The zero-order chi connectivity index (χ0) is 21.3. The number of alkyl halides is 3. The molecule has 0 aliphatic carbocycles. The van der Waals surface area contributed by atoms with E-state index in [0.29, 0.717) is 30.4 Å². The molecule has 0 spiro atoms. The zero-order valence-electron chi connectivity index (χ0n) is 16.8. The molecule has 1 heterocycles. The van der Waals surface area contributed by atoms with E-state index < -0.39 is 18.6 Å². The molecule has 0 atom stereocenters. The summed E-state index contributed by atoms with van der Waals surface area (Å²) in [6, 6.07) is 9.79. The van der Waals surface area contributed by atoms with Crippen LogP contribution >= 0.6 is 24.0 Å². The molecule has 0 bridgehead atoms. The van der Waals surface area contributed by atoms with Crippen LogP contribution < -0.4 is 10.6 Å². The van der Waals surface area contributed by atoms with Crippen LogP contribution in [0.3, 0.4) is 0 Å². The highest BCUT2D eigenvalue weighted by Crippen LogP contribution is 2.15. The summed E-state index contributed by atoms with van der Waals surface area (Å²) < 4.78 is 38.8. The van der Waals surface area contributed by atoms with Gasteiger partial charge in [0.05, 0.1) is 5.69 Å². The quantitative estimate of drug-likeness (QED) is 0.308. The molecule has 1 aromatic heterocycles. The van der Waals surface area contributed by atoms with E-state index in [1.165, 1.54) is 0 Å². The minimum Gasteiger partial charge on any atom is -0.357 e. The van der Waals surface area contributed by atoms with E-state index >= 15 is 0 Å². The Morgan fingerprint density at radius 2 is 1.93 bits per heavy atom. The van der Waals surface area contributed by atoms with Crippen molar-refractivity contribution in [1.82, 2.24) is 25.3 Å². The van der Waals surface area contributed by atoms with Gasteiger partial charge in [-0.3, -0.25) is 4.79 Å². The smallest absolute Gasteiger partial charge is 0.357 e. The van der Waals surface area contributed by atoms with E-state index in [1.54, 1.807) is 10.9 Å². The Bertz CT molecular complexity index is 794. The Morgan fingerprint density at radius 3 is 2.50 bits per heavy atom. The maximum atomic E-state index is 12.4. The lowest BCUT2D eigenvalue weighted by atomic mass is 10.1. The van der Waals surface area contributed by atoms with Crippen LogP contribution in [0.4, 0.5) is 13.2 Å². The minimum absolute atomic E-state index is 0. The molecule has 11 heteroatoms. The van der Waals surface area contributed by atoms with E-state index in [1.807, 2.05) is 43.5 Å². The van der Waals surface area contributed by atoms with Gasteiger partial charge >= 0.3 is 6.18 Å². The highest BCUT2D eigenvalue weighted by molar-refractivity contribution is 14.0. The number of hydrogen-bond acceptors (Lipinski definition) is 3. The number of guanidine groups is 1. The first-order valence-electron chi connectivity index (χ1n) is 9.20. The number of carbonyl (C=O) groups excluding carboxylic acids is 1. The van der Waals surface area contributed by atoms with Crippen molar-refractivity contribution in [2.45, 2.75) is 19.5 Å². The molecule has 0 aliphatic heterocycles. The van der Waals surface area contributed by atoms with Gasteiger partial charge < -0.3 is 15.5 Å². The Kier molecular flexibility index (Phi) is 10.6. The van der Waals surface area contributed by atoms with E-state index in [2.05, 4.69) is 20.7 Å². The van der Waals surface area contributed by atoms with Crippen molar-refractivity contribution in [3.05, 3.63) is 48.3 Å². The summed E-state index contributed by atoms with van der Waals surface area (Å²) in [6.45, 7) is 1.33. The second kappa shape index (κ2) is 12.4. The van der Waals surface area contributed by atoms with Gasteiger partial charge in [0.15, 0.2) is 5.96 Å². The second-order valence-electron chi connectivity index (χ2n) is 6.35. The molecule has 30 heavy (non-hydrogen) atoms. The molecule has 1 aromatic carbocycles. The number of hydrogen-bond donors (Lipinski definition) is 2. The van der Waals surface area contributed by atoms with Crippen LogP contribution in [0.1, 0.15) is 12.5 Å². The fourth-order valence-electron chi connectivity index (χ4n) is 2.53. The number of rotatable bonds is 8. The molecule has 0 aliphatic rings. The van der Waals surface area contributed by atoms with Gasteiger partial charge in [0.1, 0.15) is 13.1 Å². The highest BCUT2D eigenvalue weighted by Gasteiger charge is 2.31. The Morgan fingerprint density at radius 1 is 1.23 bits per heavy atom. The maximum Gasteiger partial charge on any atom is 0.406 e. The zero-order valence-corrected chi connectivity index (χ0v) is 19.1. The number of nitrogens with zero attached hydrogens (tertiary/aromatic N) is 4. The van der Waals surface area contributed by atoms with Gasteiger partial charge in [0.25, 0.3) is 0 Å². The first kappa shape index (κ1) is 25.7. The SMILES string of the molecule is CCNC(=NCC(=O)N(C)CC(F)(F)F)NCCc1ccc(-n2cccn2)cc1.I. The van der Waals surface area contributed by atoms with Crippen LogP contribution in [0.5, 0.6) is 0 Å². The fourth-order valence-corrected chi connectivity index (χ4v) is 2.53. The van der Waals surface area contributed by atoms with E-state index in [-0.39, 0.29) is 30.5 Å². The molecule has 0 unspecified atom stereocenters. The monoisotopic (exact) mass is 538 g/mol. The number of aliphatic imine (C=N–C) groups is 1. The van der Waals surface area contributed by atoms with Gasteiger partial charge in [0.2, 0.25) is 5.91 Å². The van der Waals surface area contributed by atoms with Gasteiger partial charge in [-0.05, 0) is 37.1 Å². The molecule has 2 aromatic rings. The van der Waals surface area contributed by atoms with Crippen LogP contribution in [-0.2, 0) is 11.2 Å². The molecular formula is C19H26F3IN6O. The Hall–Kier alpha value is -2.31.